The second-order valence-electron chi connectivity index (χ2n) is 4.44. The number of hydrogen-bond acceptors (Lipinski definition) is 4. The van der Waals surface area contributed by atoms with Crippen LogP contribution in [0.5, 0.6) is 0 Å². The molecule has 0 spiro atoms. The van der Waals surface area contributed by atoms with E-state index in [0.717, 1.165) is 0 Å². The SMILES string of the molecule is CS(=O)(=O)CCNCc1ccc(-c2ccccc2)s1. The Labute approximate surface area is 118 Å². The molecule has 0 fully saturated rings. The fraction of sp³-hybridized carbons (Fsp3) is 0.286. The van der Waals surface area contributed by atoms with Crippen LogP contribution in [0.2, 0.25) is 0 Å². The van der Waals surface area contributed by atoms with E-state index in [9.17, 15) is 8.42 Å². The van der Waals surface area contributed by atoms with Gasteiger partial charge in [-0.15, -0.1) is 11.3 Å². The number of nitrogens with one attached hydrogen (secondary N) is 1. The Hall–Kier alpha value is -1.17. The number of hydrogen-bond donors (Lipinski definition) is 1. The van der Waals surface area contributed by atoms with Crippen LogP contribution in [-0.4, -0.2) is 27.0 Å². The Kier molecular flexibility index (Phi) is 4.74. The summed E-state index contributed by atoms with van der Waals surface area (Å²) < 4.78 is 22.0. The molecule has 0 bridgehead atoms. The monoisotopic (exact) mass is 295 g/mol. The summed E-state index contributed by atoms with van der Waals surface area (Å²) in [5, 5.41) is 3.15. The van der Waals surface area contributed by atoms with Gasteiger partial charge in [0.25, 0.3) is 0 Å². The van der Waals surface area contributed by atoms with E-state index < -0.39 is 9.84 Å². The molecule has 0 amide bonds. The molecule has 1 N–H and O–H groups in total. The van der Waals surface area contributed by atoms with Crippen LogP contribution in [0, 0.1) is 0 Å². The maximum absolute atomic E-state index is 11.0. The zero-order chi connectivity index (χ0) is 13.7. The summed E-state index contributed by atoms with van der Waals surface area (Å²) in [5.41, 5.74) is 1.22. The lowest BCUT2D eigenvalue weighted by Crippen LogP contribution is -2.21. The van der Waals surface area contributed by atoms with Crippen molar-refractivity contribution in [1.29, 1.82) is 0 Å². The van der Waals surface area contributed by atoms with E-state index in [1.807, 2.05) is 18.2 Å². The van der Waals surface area contributed by atoms with E-state index in [-0.39, 0.29) is 5.75 Å². The van der Waals surface area contributed by atoms with Crippen molar-refractivity contribution in [2.45, 2.75) is 6.54 Å². The highest BCUT2D eigenvalue weighted by molar-refractivity contribution is 7.90. The van der Waals surface area contributed by atoms with Crippen molar-refractivity contribution in [3.63, 3.8) is 0 Å². The number of benzene rings is 1. The molecule has 102 valence electrons. The number of rotatable bonds is 6. The molecule has 0 radical (unpaired) electrons. The lowest BCUT2D eigenvalue weighted by Gasteiger charge is -2.01. The number of sulfone groups is 1. The predicted molar refractivity (Wildman–Crippen MR) is 81.2 cm³/mol. The third-order valence-electron chi connectivity index (χ3n) is 2.67. The van der Waals surface area contributed by atoms with E-state index in [2.05, 4.69) is 29.6 Å². The van der Waals surface area contributed by atoms with Gasteiger partial charge < -0.3 is 5.32 Å². The van der Waals surface area contributed by atoms with Crippen molar-refractivity contribution in [2.75, 3.05) is 18.6 Å². The Morgan fingerprint density at radius 3 is 2.53 bits per heavy atom. The van der Waals surface area contributed by atoms with Gasteiger partial charge in [-0.05, 0) is 17.7 Å². The molecule has 0 atom stereocenters. The quantitative estimate of drug-likeness (QED) is 0.833. The summed E-state index contributed by atoms with van der Waals surface area (Å²) in [7, 11) is -2.88. The molecule has 0 saturated carbocycles. The summed E-state index contributed by atoms with van der Waals surface area (Å²) in [5.74, 6) is 0.184. The topological polar surface area (TPSA) is 46.2 Å². The molecule has 2 aromatic rings. The molecule has 0 saturated heterocycles. The highest BCUT2D eigenvalue weighted by Gasteiger charge is 2.04. The minimum Gasteiger partial charge on any atom is -0.311 e. The third kappa shape index (κ3) is 4.78. The van der Waals surface area contributed by atoms with Gasteiger partial charge >= 0.3 is 0 Å². The Morgan fingerprint density at radius 2 is 1.84 bits per heavy atom. The van der Waals surface area contributed by atoms with E-state index >= 15 is 0 Å². The second-order valence-corrected chi connectivity index (χ2v) is 7.87. The predicted octanol–water partition coefficient (Wildman–Crippen LogP) is 2.55. The normalized spacial score (nSPS) is 11.6. The van der Waals surface area contributed by atoms with Crippen LogP contribution in [-0.2, 0) is 16.4 Å². The molecule has 5 heteroatoms. The van der Waals surface area contributed by atoms with E-state index in [4.69, 9.17) is 0 Å². The first kappa shape index (κ1) is 14.2. The largest absolute Gasteiger partial charge is 0.311 e. The van der Waals surface area contributed by atoms with Gasteiger partial charge in [0.1, 0.15) is 9.84 Å². The van der Waals surface area contributed by atoms with Gasteiger partial charge in [0.05, 0.1) is 5.75 Å². The van der Waals surface area contributed by atoms with Crippen LogP contribution >= 0.6 is 11.3 Å². The highest BCUT2D eigenvalue weighted by atomic mass is 32.2. The zero-order valence-corrected chi connectivity index (χ0v) is 12.4. The minimum absolute atomic E-state index is 0.184. The molecular weight excluding hydrogens is 278 g/mol. The van der Waals surface area contributed by atoms with Gasteiger partial charge in [-0.25, -0.2) is 8.42 Å². The van der Waals surface area contributed by atoms with Crippen molar-refractivity contribution in [3.8, 4) is 10.4 Å². The molecule has 1 aromatic carbocycles. The fourth-order valence-electron chi connectivity index (χ4n) is 1.70. The van der Waals surface area contributed by atoms with Gasteiger partial charge in [0.2, 0.25) is 0 Å². The van der Waals surface area contributed by atoms with Crippen molar-refractivity contribution in [1.82, 2.24) is 5.32 Å². The summed E-state index contributed by atoms with van der Waals surface area (Å²) in [4.78, 5) is 2.45. The highest BCUT2D eigenvalue weighted by Crippen LogP contribution is 2.27. The number of thiophene rings is 1. The minimum atomic E-state index is -2.88. The lowest BCUT2D eigenvalue weighted by molar-refractivity contribution is 0.596. The van der Waals surface area contributed by atoms with E-state index in [1.165, 1.54) is 21.6 Å². The Morgan fingerprint density at radius 1 is 1.11 bits per heavy atom. The molecule has 0 aliphatic heterocycles. The van der Waals surface area contributed by atoms with Gasteiger partial charge in [-0.1, -0.05) is 30.3 Å². The van der Waals surface area contributed by atoms with E-state index in [1.54, 1.807) is 11.3 Å². The van der Waals surface area contributed by atoms with Gasteiger partial charge in [-0.2, -0.15) is 0 Å². The zero-order valence-electron chi connectivity index (χ0n) is 10.8. The van der Waals surface area contributed by atoms with Crippen molar-refractivity contribution >= 4 is 21.2 Å². The van der Waals surface area contributed by atoms with Crippen LogP contribution in [0.4, 0.5) is 0 Å². The van der Waals surface area contributed by atoms with Crippen molar-refractivity contribution in [2.24, 2.45) is 0 Å². The first-order chi connectivity index (χ1) is 9.04. The van der Waals surface area contributed by atoms with Crippen LogP contribution in [0.15, 0.2) is 42.5 Å². The van der Waals surface area contributed by atoms with Crippen LogP contribution in [0.1, 0.15) is 4.88 Å². The molecule has 3 nitrogen and oxygen atoms in total. The van der Waals surface area contributed by atoms with Gasteiger partial charge in [0, 0.05) is 29.1 Å². The first-order valence-corrected chi connectivity index (χ1v) is 8.95. The summed E-state index contributed by atoms with van der Waals surface area (Å²) in [6, 6.07) is 14.4. The average molecular weight is 295 g/mol. The molecule has 0 aliphatic rings. The molecule has 2 rings (SSSR count). The van der Waals surface area contributed by atoms with Crippen molar-refractivity contribution in [3.05, 3.63) is 47.3 Å². The summed E-state index contributed by atoms with van der Waals surface area (Å²) in [6.07, 6.45) is 1.26. The molecule has 19 heavy (non-hydrogen) atoms. The maximum atomic E-state index is 11.0. The standard InChI is InChI=1S/C14H17NO2S2/c1-19(16,17)10-9-15-11-13-7-8-14(18-13)12-5-3-2-4-6-12/h2-8,15H,9-11H2,1H3. The van der Waals surface area contributed by atoms with Gasteiger partial charge in [0.15, 0.2) is 0 Å². The van der Waals surface area contributed by atoms with Crippen LogP contribution in [0.25, 0.3) is 10.4 Å². The first-order valence-electron chi connectivity index (χ1n) is 6.07. The Bertz CT molecular complexity index is 618. The molecular formula is C14H17NO2S2. The second kappa shape index (κ2) is 6.32. The van der Waals surface area contributed by atoms with E-state index in [0.29, 0.717) is 13.1 Å². The van der Waals surface area contributed by atoms with Crippen LogP contribution in [0.3, 0.4) is 0 Å². The van der Waals surface area contributed by atoms with Crippen molar-refractivity contribution < 1.29 is 8.42 Å². The smallest absolute Gasteiger partial charge is 0.148 e. The fourth-order valence-corrected chi connectivity index (χ4v) is 3.20. The molecule has 0 aliphatic carbocycles. The maximum Gasteiger partial charge on any atom is 0.148 e. The summed E-state index contributed by atoms with van der Waals surface area (Å²) >= 11 is 1.73. The van der Waals surface area contributed by atoms with Gasteiger partial charge in [-0.3, -0.25) is 0 Å². The molecule has 0 unspecified atom stereocenters. The summed E-state index contributed by atoms with van der Waals surface area (Å²) in [6.45, 7) is 1.21. The average Bonchev–Trinajstić information content (AvgIpc) is 2.83. The molecule has 1 aromatic heterocycles. The third-order valence-corrected chi connectivity index (χ3v) is 4.75. The molecule has 1 heterocycles. The Balaban J connectivity index is 1.88. The lowest BCUT2D eigenvalue weighted by atomic mass is 10.2. The van der Waals surface area contributed by atoms with Crippen LogP contribution < -0.4 is 5.32 Å².